The molecule has 0 unspecified atom stereocenters. The Morgan fingerprint density at radius 2 is 2.17 bits per heavy atom. The molecule has 1 N–H and O–H groups in total. The fourth-order valence-electron chi connectivity index (χ4n) is 2.25. The van der Waals surface area contributed by atoms with Crippen molar-refractivity contribution in [3.63, 3.8) is 0 Å². The van der Waals surface area contributed by atoms with Gasteiger partial charge in [0.25, 0.3) is 0 Å². The maximum atomic E-state index is 10.6. The average Bonchev–Trinajstić information content (AvgIpc) is 2.55. The average molecular weight is 386 g/mol. The lowest BCUT2D eigenvalue weighted by Gasteiger charge is -2.26. The van der Waals surface area contributed by atoms with Crippen molar-refractivity contribution < 1.29 is 24.1 Å². The van der Waals surface area contributed by atoms with Gasteiger partial charge in [0.05, 0.1) is 24.8 Å². The molecule has 1 aliphatic heterocycles. The van der Waals surface area contributed by atoms with Gasteiger partial charge in [-0.05, 0) is 39.7 Å². The molecule has 0 radical (unpaired) electrons. The number of hydrogen-bond acceptors (Lipinski definition) is 5. The molecule has 126 valence electrons. The zero-order chi connectivity index (χ0) is 16.7. The summed E-state index contributed by atoms with van der Waals surface area (Å²) in [6, 6.07) is 3.54. The van der Waals surface area contributed by atoms with E-state index in [9.17, 15) is 4.79 Å². The molecular formula is C16H20BrNO5. The Hall–Kier alpha value is -1.57. The van der Waals surface area contributed by atoms with Gasteiger partial charge in [0.1, 0.15) is 6.61 Å². The lowest BCUT2D eigenvalue weighted by atomic mass is 10.2. The van der Waals surface area contributed by atoms with E-state index in [1.54, 1.807) is 19.2 Å². The highest BCUT2D eigenvalue weighted by molar-refractivity contribution is 9.10. The molecule has 0 amide bonds. The predicted molar refractivity (Wildman–Crippen MR) is 90.1 cm³/mol. The smallest absolute Gasteiger partial charge is 0.328 e. The number of benzene rings is 1. The third-order valence-corrected chi connectivity index (χ3v) is 4.02. The van der Waals surface area contributed by atoms with Gasteiger partial charge in [0.2, 0.25) is 0 Å². The summed E-state index contributed by atoms with van der Waals surface area (Å²) < 4.78 is 17.2. The van der Waals surface area contributed by atoms with E-state index in [1.807, 2.05) is 0 Å². The Bertz CT molecular complexity index is 570. The first kappa shape index (κ1) is 17.8. The van der Waals surface area contributed by atoms with Crippen molar-refractivity contribution in [3.05, 3.63) is 28.2 Å². The van der Waals surface area contributed by atoms with Gasteiger partial charge in [-0.1, -0.05) is 0 Å². The van der Waals surface area contributed by atoms with Crippen molar-refractivity contribution in [1.82, 2.24) is 4.90 Å². The number of rotatable bonds is 7. The first-order valence-corrected chi connectivity index (χ1v) is 8.11. The Morgan fingerprint density at radius 1 is 1.43 bits per heavy atom. The highest BCUT2D eigenvalue weighted by Crippen LogP contribution is 2.37. The molecule has 1 heterocycles. The van der Waals surface area contributed by atoms with Gasteiger partial charge in [0, 0.05) is 25.7 Å². The first-order chi connectivity index (χ1) is 11.1. The van der Waals surface area contributed by atoms with Crippen molar-refractivity contribution in [2.75, 3.05) is 46.6 Å². The summed E-state index contributed by atoms with van der Waals surface area (Å²) in [6.07, 6.45) is 2.59. The molecule has 1 fully saturated rings. The lowest BCUT2D eigenvalue weighted by molar-refractivity contribution is -0.131. The molecule has 0 bridgehead atoms. The fourth-order valence-corrected chi connectivity index (χ4v) is 2.82. The van der Waals surface area contributed by atoms with Crippen LogP contribution in [0.25, 0.3) is 6.08 Å². The summed E-state index contributed by atoms with van der Waals surface area (Å²) in [7, 11) is 1.56. The SMILES string of the molecule is COc1cc(/C=C/C(=O)O)cc(Br)c1OCCN1CCOCC1. The van der Waals surface area contributed by atoms with E-state index in [0.29, 0.717) is 18.1 Å². The van der Waals surface area contributed by atoms with Crippen molar-refractivity contribution in [2.45, 2.75) is 0 Å². The Morgan fingerprint density at radius 3 is 2.83 bits per heavy atom. The van der Waals surface area contributed by atoms with Crippen LogP contribution in [0.4, 0.5) is 0 Å². The van der Waals surface area contributed by atoms with E-state index < -0.39 is 5.97 Å². The minimum atomic E-state index is -0.995. The molecule has 0 spiro atoms. The number of carbonyl (C=O) groups is 1. The number of halogens is 1. The third-order valence-electron chi connectivity index (χ3n) is 3.43. The molecule has 23 heavy (non-hydrogen) atoms. The molecule has 6 nitrogen and oxygen atoms in total. The maximum Gasteiger partial charge on any atom is 0.328 e. The zero-order valence-electron chi connectivity index (χ0n) is 13.0. The summed E-state index contributed by atoms with van der Waals surface area (Å²) in [4.78, 5) is 12.9. The quantitative estimate of drug-likeness (QED) is 0.726. The molecule has 1 aromatic rings. The van der Waals surface area contributed by atoms with Crippen LogP contribution >= 0.6 is 15.9 Å². The molecular weight excluding hydrogens is 366 g/mol. The van der Waals surface area contributed by atoms with Crippen LogP contribution in [0.5, 0.6) is 11.5 Å². The second kappa shape index (κ2) is 8.90. The van der Waals surface area contributed by atoms with Crippen LogP contribution in [0.2, 0.25) is 0 Å². The lowest BCUT2D eigenvalue weighted by Crippen LogP contribution is -2.38. The van der Waals surface area contributed by atoms with E-state index in [4.69, 9.17) is 19.3 Å². The van der Waals surface area contributed by atoms with Gasteiger partial charge in [0.15, 0.2) is 11.5 Å². The number of aliphatic carboxylic acids is 1. The number of carboxylic acid groups (broad SMARTS) is 1. The largest absolute Gasteiger partial charge is 0.493 e. The molecule has 7 heteroatoms. The highest BCUT2D eigenvalue weighted by atomic mass is 79.9. The summed E-state index contributed by atoms with van der Waals surface area (Å²) in [5.41, 5.74) is 0.719. The maximum absolute atomic E-state index is 10.6. The normalized spacial score (nSPS) is 15.7. The second-order valence-electron chi connectivity index (χ2n) is 5.01. The number of nitrogens with zero attached hydrogens (tertiary/aromatic N) is 1. The summed E-state index contributed by atoms with van der Waals surface area (Å²) in [5, 5.41) is 8.70. The summed E-state index contributed by atoms with van der Waals surface area (Å²) in [5.74, 6) is 0.186. The fraction of sp³-hybridized carbons (Fsp3) is 0.438. The Labute approximate surface area is 143 Å². The van der Waals surface area contributed by atoms with Gasteiger partial charge in [-0.25, -0.2) is 4.79 Å². The molecule has 2 rings (SSSR count). The van der Waals surface area contributed by atoms with E-state index in [2.05, 4.69) is 20.8 Å². The monoisotopic (exact) mass is 385 g/mol. The van der Waals surface area contributed by atoms with Crippen LogP contribution in [-0.4, -0.2) is 62.5 Å². The number of morpholine rings is 1. The Kier molecular flexibility index (Phi) is 6.88. The van der Waals surface area contributed by atoms with E-state index in [0.717, 1.165) is 49.0 Å². The molecule has 0 atom stereocenters. The third kappa shape index (κ3) is 5.53. The van der Waals surface area contributed by atoms with Crippen LogP contribution in [0.1, 0.15) is 5.56 Å². The standard InChI is InChI=1S/C16H20BrNO5/c1-21-14-11-12(2-3-15(19)20)10-13(17)16(14)23-9-6-18-4-7-22-8-5-18/h2-3,10-11H,4-9H2,1H3,(H,19,20)/b3-2+. The van der Waals surface area contributed by atoms with Crippen LogP contribution < -0.4 is 9.47 Å². The van der Waals surface area contributed by atoms with Crippen LogP contribution in [-0.2, 0) is 9.53 Å². The number of methoxy groups -OCH3 is 1. The molecule has 0 aliphatic carbocycles. The number of hydrogen-bond donors (Lipinski definition) is 1. The van der Waals surface area contributed by atoms with E-state index >= 15 is 0 Å². The van der Waals surface area contributed by atoms with E-state index in [-0.39, 0.29) is 0 Å². The molecule has 1 aromatic carbocycles. The van der Waals surface area contributed by atoms with Gasteiger partial charge >= 0.3 is 5.97 Å². The van der Waals surface area contributed by atoms with Crippen LogP contribution in [0.15, 0.2) is 22.7 Å². The molecule has 0 aromatic heterocycles. The second-order valence-corrected chi connectivity index (χ2v) is 5.86. The minimum absolute atomic E-state index is 0.541. The van der Waals surface area contributed by atoms with Crippen molar-refractivity contribution in [2.24, 2.45) is 0 Å². The van der Waals surface area contributed by atoms with Gasteiger partial charge in [-0.3, -0.25) is 4.90 Å². The van der Waals surface area contributed by atoms with Gasteiger partial charge in [-0.15, -0.1) is 0 Å². The van der Waals surface area contributed by atoms with Crippen LogP contribution in [0, 0.1) is 0 Å². The van der Waals surface area contributed by atoms with Crippen molar-refractivity contribution in [3.8, 4) is 11.5 Å². The van der Waals surface area contributed by atoms with Crippen molar-refractivity contribution >= 4 is 28.0 Å². The van der Waals surface area contributed by atoms with Crippen molar-refractivity contribution in [1.29, 1.82) is 0 Å². The van der Waals surface area contributed by atoms with Gasteiger partial charge < -0.3 is 19.3 Å². The van der Waals surface area contributed by atoms with E-state index in [1.165, 1.54) is 6.08 Å². The summed E-state index contributed by atoms with van der Waals surface area (Å²) >= 11 is 3.45. The first-order valence-electron chi connectivity index (χ1n) is 7.31. The zero-order valence-corrected chi connectivity index (χ0v) is 14.5. The molecule has 1 aliphatic rings. The minimum Gasteiger partial charge on any atom is -0.493 e. The molecule has 1 saturated heterocycles. The highest BCUT2D eigenvalue weighted by Gasteiger charge is 2.13. The molecule has 0 saturated carbocycles. The van der Waals surface area contributed by atoms with Crippen LogP contribution in [0.3, 0.4) is 0 Å². The number of ether oxygens (including phenoxy) is 3. The number of carboxylic acids is 1. The topological polar surface area (TPSA) is 68.2 Å². The van der Waals surface area contributed by atoms with Gasteiger partial charge in [-0.2, -0.15) is 0 Å². The Balaban J connectivity index is 2.01. The summed E-state index contributed by atoms with van der Waals surface area (Å²) in [6.45, 7) is 4.72. The predicted octanol–water partition coefficient (Wildman–Crippen LogP) is 2.27.